The molecule has 2 aliphatic rings. The molecule has 1 aromatic rings. The Bertz CT molecular complexity index is 596. The number of methoxy groups -OCH3 is 1. The van der Waals surface area contributed by atoms with Crippen molar-refractivity contribution in [3.63, 3.8) is 0 Å². The molecule has 1 N–H and O–H groups in total. The molecular weight excluding hydrogens is 352 g/mol. The highest BCUT2D eigenvalue weighted by Gasteiger charge is 2.32. The molecule has 0 unspecified atom stereocenters. The lowest BCUT2D eigenvalue weighted by Crippen LogP contribution is -2.49. The second-order valence-electron chi connectivity index (χ2n) is 9.51. The summed E-state index contributed by atoms with van der Waals surface area (Å²) in [5, 5.41) is 10.5. The molecule has 0 aromatic heterocycles. The topological polar surface area (TPSA) is 45.2 Å². The van der Waals surface area contributed by atoms with Crippen molar-refractivity contribution in [1.29, 1.82) is 0 Å². The fourth-order valence-corrected chi connectivity index (χ4v) is 4.96. The van der Waals surface area contributed by atoms with Gasteiger partial charge in [0.2, 0.25) is 0 Å². The first-order chi connectivity index (χ1) is 13.3. The highest BCUT2D eigenvalue weighted by Crippen LogP contribution is 2.39. The van der Waals surface area contributed by atoms with Gasteiger partial charge in [0.05, 0.1) is 25.9 Å². The SMILES string of the molecule is COc1ccc(N2CCN(C[C@@H](O)CO[C@H]3C[C@H](C)CC(C)(C)C3)CC2)cc1. The number of rotatable bonds is 7. The monoisotopic (exact) mass is 390 g/mol. The average molecular weight is 391 g/mol. The van der Waals surface area contributed by atoms with Crippen LogP contribution in [0, 0.1) is 11.3 Å². The number of piperazine rings is 1. The highest BCUT2D eigenvalue weighted by atomic mass is 16.5. The van der Waals surface area contributed by atoms with Crippen molar-refractivity contribution < 1.29 is 14.6 Å². The van der Waals surface area contributed by atoms with Crippen LogP contribution in [0.4, 0.5) is 5.69 Å². The Morgan fingerprint density at radius 1 is 1.11 bits per heavy atom. The van der Waals surface area contributed by atoms with E-state index in [1.807, 2.05) is 12.1 Å². The summed E-state index contributed by atoms with van der Waals surface area (Å²) < 4.78 is 11.3. The van der Waals surface area contributed by atoms with Crippen LogP contribution in [-0.4, -0.2) is 68.7 Å². The molecule has 28 heavy (non-hydrogen) atoms. The van der Waals surface area contributed by atoms with E-state index in [9.17, 15) is 5.11 Å². The van der Waals surface area contributed by atoms with Gasteiger partial charge in [-0.1, -0.05) is 20.8 Å². The number of ether oxygens (including phenoxy) is 2. The van der Waals surface area contributed by atoms with E-state index in [-0.39, 0.29) is 0 Å². The second-order valence-corrected chi connectivity index (χ2v) is 9.51. The van der Waals surface area contributed by atoms with Gasteiger partial charge < -0.3 is 19.5 Å². The zero-order valence-electron chi connectivity index (χ0n) is 18.1. The Morgan fingerprint density at radius 2 is 1.79 bits per heavy atom. The molecular formula is C23H38N2O3. The molecule has 5 heteroatoms. The van der Waals surface area contributed by atoms with Crippen molar-refractivity contribution in [1.82, 2.24) is 4.90 Å². The number of nitrogens with zero attached hydrogens (tertiary/aromatic N) is 2. The van der Waals surface area contributed by atoms with Gasteiger partial charge in [-0.3, -0.25) is 4.90 Å². The minimum atomic E-state index is -0.409. The first kappa shape index (κ1) is 21.4. The molecule has 1 aromatic carbocycles. The normalized spacial score (nSPS) is 26.8. The number of benzene rings is 1. The van der Waals surface area contributed by atoms with Crippen molar-refractivity contribution in [2.75, 3.05) is 51.3 Å². The third kappa shape index (κ3) is 6.10. The predicted octanol–water partition coefficient (Wildman–Crippen LogP) is 3.41. The van der Waals surface area contributed by atoms with E-state index in [4.69, 9.17) is 9.47 Å². The summed E-state index contributed by atoms with van der Waals surface area (Å²) >= 11 is 0. The molecule has 0 bridgehead atoms. The lowest BCUT2D eigenvalue weighted by Gasteiger charge is -2.39. The van der Waals surface area contributed by atoms with Crippen molar-refractivity contribution >= 4 is 5.69 Å². The van der Waals surface area contributed by atoms with Gasteiger partial charge in [-0.2, -0.15) is 0 Å². The fourth-order valence-electron chi connectivity index (χ4n) is 4.96. The highest BCUT2D eigenvalue weighted by molar-refractivity contribution is 5.49. The minimum absolute atomic E-state index is 0.292. The van der Waals surface area contributed by atoms with E-state index in [2.05, 4.69) is 42.7 Å². The second kappa shape index (κ2) is 9.47. The fraction of sp³-hybridized carbons (Fsp3) is 0.739. The van der Waals surface area contributed by atoms with Gasteiger partial charge in [0.1, 0.15) is 5.75 Å². The van der Waals surface area contributed by atoms with Gasteiger partial charge in [0.25, 0.3) is 0 Å². The molecule has 1 aliphatic carbocycles. The van der Waals surface area contributed by atoms with Crippen molar-refractivity contribution in [2.24, 2.45) is 11.3 Å². The third-order valence-electron chi connectivity index (χ3n) is 6.15. The number of aliphatic hydroxyl groups is 1. The van der Waals surface area contributed by atoms with Crippen LogP contribution in [0.5, 0.6) is 5.75 Å². The van der Waals surface area contributed by atoms with Gasteiger partial charge in [-0.15, -0.1) is 0 Å². The van der Waals surface area contributed by atoms with E-state index in [0.717, 1.165) is 44.8 Å². The van der Waals surface area contributed by atoms with Crippen LogP contribution >= 0.6 is 0 Å². The zero-order valence-corrected chi connectivity index (χ0v) is 18.1. The molecule has 1 heterocycles. The summed E-state index contributed by atoms with van der Waals surface area (Å²) in [5.74, 6) is 1.60. The Morgan fingerprint density at radius 3 is 2.39 bits per heavy atom. The van der Waals surface area contributed by atoms with Crippen LogP contribution in [0.1, 0.15) is 40.0 Å². The van der Waals surface area contributed by atoms with Crippen molar-refractivity contribution in [2.45, 2.75) is 52.2 Å². The average Bonchev–Trinajstić information content (AvgIpc) is 2.66. The van der Waals surface area contributed by atoms with Crippen molar-refractivity contribution in [3.8, 4) is 5.75 Å². The largest absolute Gasteiger partial charge is 0.497 e. The smallest absolute Gasteiger partial charge is 0.119 e. The number of aliphatic hydroxyl groups excluding tert-OH is 1. The summed E-state index contributed by atoms with van der Waals surface area (Å²) in [6.07, 6.45) is 3.38. The number of hydrogen-bond donors (Lipinski definition) is 1. The maximum Gasteiger partial charge on any atom is 0.119 e. The molecule has 1 aliphatic heterocycles. The Kier molecular flexibility index (Phi) is 7.24. The van der Waals surface area contributed by atoms with Crippen LogP contribution in [0.2, 0.25) is 0 Å². The molecule has 3 rings (SSSR count). The number of hydrogen-bond acceptors (Lipinski definition) is 5. The van der Waals surface area contributed by atoms with E-state index >= 15 is 0 Å². The number of anilines is 1. The maximum atomic E-state index is 10.5. The summed E-state index contributed by atoms with van der Waals surface area (Å²) in [7, 11) is 1.69. The van der Waals surface area contributed by atoms with Gasteiger partial charge in [-0.25, -0.2) is 0 Å². The van der Waals surface area contributed by atoms with Crippen LogP contribution in [0.15, 0.2) is 24.3 Å². The van der Waals surface area contributed by atoms with Gasteiger partial charge in [0.15, 0.2) is 0 Å². The molecule has 0 spiro atoms. The van der Waals surface area contributed by atoms with E-state index in [1.165, 1.54) is 12.1 Å². The van der Waals surface area contributed by atoms with Crippen LogP contribution in [-0.2, 0) is 4.74 Å². The van der Waals surface area contributed by atoms with E-state index in [0.29, 0.717) is 30.6 Å². The quantitative estimate of drug-likeness (QED) is 0.773. The maximum absolute atomic E-state index is 10.5. The molecule has 0 radical (unpaired) electrons. The van der Waals surface area contributed by atoms with Crippen LogP contribution < -0.4 is 9.64 Å². The van der Waals surface area contributed by atoms with Gasteiger partial charge in [0, 0.05) is 38.4 Å². The summed E-state index contributed by atoms with van der Waals surface area (Å²) in [5.41, 5.74) is 1.59. The van der Waals surface area contributed by atoms with Crippen LogP contribution in [0.3, 0.4) is 0 Å². The third-order valence-corrected chi connectivity index (χ3v) is 6.15. The summed E-state index contributed by atoms with van der Waals surface area (Å²) in [6, 6.07) is 8.25. The van der Waals surface area contributed by atoms with Crippen molar-refractivity contribution in [3.05, 3.63) is 24.3 Å². The Hall–Kier alpha value is -1.30. The molecule has 0 amide bonds. The van der Waals surface area contributed by atoms with Crippen LogP contribution in [0.25, 0.3) is 0 Å². The summed E-state index contributed by atoms with van der Waals surface area (Å²) in [4.78, 5) is 4.74. The zero-order chi connectivity index (χ0) is 20.1. The predicted molar refractivity (Wildman–Crippen MR) is 114 cm³/mol. The Balaban J connectivity index is 1.38. The molecule has 1 saturated heterocycles. The lowest BCUT2D eigenvalue weighted by atomic mass is 9.71. The number of β-amino-alcohol motifs (C(OH)–C–C–N with tert-alkyl or cyclic N) is 1. The molecule has 5 nitrogen and oxygen atoms in total. The van der Waals surface area contributed by atoms with E-state index < -0.39 is 6.10 Å². The molecule has 3 atom stereocenters. The minimum Gasteiger partial charge on any atom is -0.497 e. The molecule has 158 valence electrons. The first-order valence-electron chi connectivity index (χ1n) is 10.8. The van der Waals surface area contributed by atoms with Gasteiger partial charge in [-0.05, 0) is 54.9 Å². The Labute approximate surface area is 170 Å². The lowest BCUT2D eigenvalue weighted by molar-refractivity contribution is -0.0615. The molecule has 2 fully saturated rings. The summed E-state index contributed by atoms with van der Waals surface area (Å²) in [6.45, 7) is 12.0. The van der Waals surface area contributed by atoms with Gasteiger partial charge >= 0.3 is 0 Å². The molecule has 1 saturated carbocycles. The first-order valence-corrected chi connectivity index (χ1v) is 10.8. The standard InChI is InChI=1S/C23H38N2O3/c1-18-13-22(15-23(2,3)14-18)28-17-20(26)16-24-9-11-25(12-10-24)19-5-7-21(27-4)8-6-19/h5-8,18,20,22,26H,9-17H2,1-4H3/t18-,20+,22-/m0/s1. The van der Waals surface area contributed by atoms with E-state index in [1.54, 1.807) is 7.11 Å².